The standard InChI is InChI=1S/C14H17NO2.ClH/c1-8(2)12(15)14(17)11-10(13(11)16)9-6-4-3-5-7-9;/h3-8,12,14,17H,15H2,1-2H3;1H/t12-,14?;/m0./s1. The van der Waals surface area contributed by atoms with E-state index in [9.17, 15) is 9.90 Å². The summed E-state index contributed by atoms with van der Waals surface area (Å²) >= 11 is 0. The van der Waals surface area contributed by atoms with Crippen molar-refractivity contribution in [3.63, 3.8) is 0 Å². The number of aliphatic hydroxyl groups excluding tert-OH is 1. The highest BCUT2D eigenvalue weighted by Gasteiger charge is 2.33. The predicted molar refractivity (Wildman–Crippen MR) is 75.5 cm³/mol. The average molecular weight is 268 g/mol. The van der Waals surface area contributed by atoms with Crippen molar-refractivity contribution in [2.75, 3.05) is 0 Å². The Morgan fingerprint density at radius 3 is 2.22 bits per heavy atom. The lowest BCUT2D eigenvalue weighted by molar-refractivity contribution is 0.129. The third kappa shape index (κ3) is 2.64. The first-order valence-electron chi connectivity index (χ1n) is 5.82. The van der Waals surface area contributed by atoms with E-state index >= 15 is 0 Å². The minimum Gasteiger partial charge on any atom is -0.387 e. The zero-order chi connectivity index (χ0) is 12.6. The Morgan fingerprint density at radius 1 is 1.17 bits per heavy atom. The fourth-order valence-corrected chi connectivity index (χ4v) is 1.91. The Balaban J connectivity index is 0.00000162. The van der Waals surface area contributed by atoms with Crippen LogP contribution in [0.4, 0.5) is 0 Å². The summed E-state index contributed by atoms with van der Waals surface area (Å²) in [5.41, 5.74) is 7.79. The van der Waals surface area contributed by atoms with Crippen LogP contribution in [-0.4, -0.2) is 11.1 Å². The van der Waals surface area contributed by atoms with Crippen molar-refractivity contribution in [3.8, 4) is 11.1 Å². The molecule has 3 nitrogen and oxygen atoms in total. The molecule has 3 N–H and O–H groups in total. The second kappa shape index (κ2) is 5.65. The van der Waals surface area contributed by atoms with E-state index in [4.69, 9.17) is 5.73 Å². The molecule has 0 saturated heterocycles. The fraction of sp³-hybridized carbons (Fsp3) is 0.357. The number of benzene rings is 1. The molecule has 2 aromatic carbocycles. The van der Waals surface area contributed by atoms with Crippen LogP contribution in [0.3, 0.4) is 0 Å². The first-order chi connectivity index (χ1) is 8.04. The topological polar surface area (TPSA) is 63.3 Å². The van der Waals surface area contributed by atoms with Gasteiger partial charge in [0.1, 0.15) is 0 Å². The molecule has 0 radical (unpaired) electrons. The Hall–Kier alpha value is -1.16. The molecule has 0 aliphatic carbocycles. The molecule has 0 saturated carbocycles. The van der Waals surface area contributed by atoms with E-state index in [0.29, 0.717) is 11.1 Å². The quantitative estimate of drug-likeness (QED) is 0.891. The maximum atomic E-state index is 11.7. The molecule has 0 heterocycles. The van der Waals surface area contributed by atoms with E-state index in [1.54, 1.807) is 0 Å². The zero-order valence-corrected chi connectivity index (χ0v) is 11.3. The maximum absolute atomic E-state index is 11.7. The van der Waals surface area contributed by atoms with E-state index in [2.05, 4.69) is 0 Å². The number of hydrogen-bond acceptors (Lipinski definition) is 3. The Bertz CT molecular complexity index is 515. The van der Waals surface area contributed by atoms with Crippen LogP contribution in [0.15, 0.2) is 35.1 Å². The monoisotopic (exact) mass is 267 g/mol. The highest BCUT2D eigenvalue weighted by molar-refractivity contribution is 5.85. The molecule has 1 unspecified atom stereocenters. The van der Waals surface area contributed by atoms with Crippen LogP contribution in [0.5, 0.6) is 0 Å². The normalized spacial score (nSPS) is 14.5. The van der Waals surface area contributed by atoms with Crippen molar-refractivity contribution in [1.82, 2.24) is 0 Å². The number of halogens is 1. The molecule has 2 atom stereocenters. The molecule has 0 amide bonds. The van der Waals surface area contributed by atoms with E-state index in [1.165, 1.54) is 0 Å². The van der Waals surface area contributed by atoms with Crippen molar-refractivity contribution < 1.29 is 5.11 Å². The molecule has 0 aliphatic rings. The van der Waals surface area contributed by atoms with Gasteiger partial charge in [0.25, 0.3) is 0 Å². The van der Waals surface area contributed by atoms with Gasteiger partial charge in [-0.25, -0.2) is 0 Å². The molecular weight excluding hydrogens is 250 g/mol. The summed E-state index contributed by atoms with van der Waals surface area (Å²) in [6.07, 6.45) is -0.849. The van der Waals surface area contributed by atoms with Crippen molar-refractivity contribution >= 4 is 12.4 Å². The number of aliphatic hydroxyl groups is 1. The van der Waals surface area contributed by atoms with Gasteiger partial charge in [0.15, 0.2) is 5.43 Å². The maximum Gasteiger partial charge on any atom is 0.193 e. The van der Waals surface area contributed by atoms with Crippen LogP contribution in [0.1, 0.15) is 25.5 Å². The summed E-state index contributed by atoms with van der Waals surface area (Å²) < 4.78 is 0. The molecule has 4 heteroatoms. The summed E-state index contributed by atoms with van der Waals surface area (Å²) in [5, 5.41) is 10.0. The van der Waals surface area contributed by atoms with Gasteiger partial charge in [-0.3, -0.25) is 4.79 Å². The molecule has 2 rings (SSSR count). The highest BCUT2D eigenvalue weighted by atomic mass is 35.5. The zero-order valence-electron chi connectivity index (χ0n) is 10.5. The van der Waals surface area contributed by atoms with Gasteiger partial charge in [0, 0.05) is 17.2 Å². The smallest absolute Gasteiger partial charge is 0.193 e. The van der Waals surface area contributed by atoms with E-state index in [0.717, 1.165) is 5.56 Å². The largest absolute Gasteiger partial charge is 0.387 e. The van der Waals surface area contributed by atoms with Crippen molar-refractivity contribution in [1.29, 1.82) is 0 Å². The molecular formula is C14H18ClNO2. The van der Waals surface area contributed by atoms with E-state index in [-0.39, 0.29) is 23.8 Å². The van der Waals surface area contributed by atoms with Gasteiger partial charge in [-0.05, 0) is 11.5 Å². The Morgan fingerprint density at radius 2 is 1.72 bits per heavy atom. The first kappa shape index (κ1) is 14.9. The second-order valence-corrected chi connectivity index (χ2v) is 4.75. The Kier molecular flexibility index (Phi) is 4.68. The third-order valence-electron chi connectivity index (χ3n) is 3.17. The molecule has 2 aromatic rings. The van der Waals surface area contributed by atoms with Gasteiger partial charge in [-0.15, -0.1) is 12.4 Å². The second-order valence-electron chi connectivity index (χ2n) is 4.75. The van der Waals surface area contributed by atoms with Crippen LogP contribution < -0.4 is 11.2 Å². The fourth-order valence-electron chi connectivity index (χ4n) is 1.91. The van der Waals surface area contributed by atoms with Crippen molar-refractivity contribution in [3.05, 3.63) is 46.1 Å². The van der Waals surface area contributed by atoms with E-state index in [1.807, 2.05) is 44.2 Å². The molecule has 0 bridgehead atoms. The molecule has 98 valence electrons. The summed E-state index contributed by atoms with van der Waals surface area (Å²) in [4.78, 5) is 11.7. The summed E-state index contributed by atoms with van der Waals surface area (Å²) in [6, 6.07) is 8.99. The average Bonchev–Trinajstić information content (AvgIpc) is 3.00. The third-order valence-corrected chi connectivity index (χ3v) is 3.17. The predicted octanol–water partition coefficient (Wildman–Crippen LogP) is 2.03. The SMILES string of the molecule is CC(C)[C@H](N)C(O)c1c(-c2ccccc2)c1=O.Cl. The van der Waals surface area contributed by atoms with Crippen molar-refractivity contribution in [2.45, 2.75) is 26.0 Å². The molecule has 0 fully saturated rings. The van der Waals surface area contributed by atoms with Gasteiger partial charge in [0.2, 0.25) is 0 Å². The molecule has 18 heavy (non-hydrogen) atoms. The summed E-state index contributed by atoms with van der Waals surface area (Å²) in [6.45, 7) is 3.87. The number of nitrogens with two attached hydrogens (primary N) is 1. The molecule has 0 aliphatic heterocycles. The molecule has 0 aromatic heterocycles. The van der Waals surface area contributed by atoms with Crippen LogP contribution in [-0.2, 0) is 0 Å². The molecule has 0 spiro atoms. The van der Waals surface area contributed by atoms with Gasteiger partial charge >= 0.3 is 0 Å². The minimum atomic E-state index is -0.849. The van der Waals surface area contributed by atoms with Crippen LogP contribution >= 0.6 is 12.4 Å². The first-order valence-corrected chi connectivity index (χ1v) is 5.82. The van der Waals surface area contributed by atoms with Crippen LogP contribution in [0.2, 0.25) is 0 Å². The summed E-state index contributed by atoms with van der Waals surface area (Å²) in [7, 11) is 0. The Labute approximate surface area is 113 Å². The summed E-state index contributed by atoms with van der Waals surface area (Å²) in [5.74, 6) is 0.142. The lowest BCUT2D eigenvalue weighted by atomic mass is 9.97. The lowest BCUT2D eigenvalue weighted by Gasteiger charge is -2.19. The van der Waals surface area contributed by atoms with Gasteiger partial charge in [0.05, 0.1) is 6.10 Å². The lowest BCUT2D eigenvalue weighted by Crippen LogP contribution is -2.33. The van der Waals surface area contributed by atoms with Crippen molar-refractivity contribution in [2.24, 2.45) is 11.7 Å². The van der Waals surface area contributed by atoms with Gasteiger partial charge in [-0.2, -0.15) is 0 Å². The van der Waals surface area contributed by atoms with Gasteiger partial charge in [-0.1, -0.05) is 44.2 Å². The van der Waals surface area contributed by atoms with Crippen LogP contribution in [0.25, 0.3) is 11.1 Å². The number of rotatable bonds is 4. The van der Waals surface area contributed by atoms with E-state index < -0.39 is 12.1 Å². The highest BCUT2D eigenvalue weighted by Crippen LogP contribution is 2.32. The number of hydrogen-bond donors (Lipinski definition) is 2. The minimum absolute atomic E-state index is 0. The van der Waals surface area contributed by atoms with Crippen LogP contribution in [0, 0.1) is 5.92 Å². The van der Waals surface area contributed by atoms with Gasteiger partial charge < -0.3 is 10.8 Å².